The van der Waals surface area contributed by atoms with E-state index in [1.165, 1.54) is 0 Å². The number of likely N-dealkylation sites (N-methyl/N-ethyl adjacent to an activating group) is 1. The van der Waals surface area contributed by atoms with Crippen molar-refractivity contribution >= 4 is 17.5 Å². The van der Waals surface area contributed by atoms with Crippen molar-refractivity contribution in [3.8, 4) is 11.5 Å². The molecule has 1 amide bonds. The van der Waals surface area contributed by atoms with E-state index in [0.717, 1.165) is 0 Å². The van der Waals surface area contributed by atoms with Gasteiger partial charge in [-0.3, -0.25) is 9.69 Å². The zero-order valence-electron chi connectivity index (χ0n) is 13.5. The summed E-state index contributed by atoms with van der Waals surface area (Å²) in [6.07, 6.45) is 0. The molecule has 6 nitrogen and oxygen atoms in total. The molecule has 1 N–H and O–H groups in total. The Morgan fingerprint density at radius 1 is 1.35 bits per heavy atom. The van der Waals surface area contributed by atoms with E-state index < -0.39 is 0 Å². The van der Waals surface area contributed by atoms with Crippen LogP contribution in [0.15, 0.2) is 28.7 Å². The lowest BCUT2D eigenvalue weighted by molar-refractivity contribution is -0.122. The molecule has 1 heterocycles. The van der Waals surface area contributed by atoms with Gasteiger partial charge in [-0.25, -0.2) is 0 Å². The summed E-state index contributed by atoms with van der Waals surface area (Å²) in [6.45, 7) is 7.26. The smallest absolute Gasteiger partial charge is 0.249 e. The van der Waals surface area contributed by atoms with Gasteiger partial charge in [0, 0.05) is 6.04 Å². The molecule has 1 aromatic carbocycles. The Hall–Kier alpha value is -1.92. The van der Waals surface area contributed by atoms with Crippen molar-refractivity contribution in [2.75, 3.05) is 13.1 Å². The first-order valence-corrected chi connectivity index (χ1v) is 7.96. The molecule has 0 aliphatic carbocycles. The Morgan fingerprint density at radius 2 is 2.09 bits per heavy atom. The highest BCUT2D eigenvalue weighted by Crippen LogP contribution is 2.26. The van der Waals surface area contributed by atoms with E-state index in [-0.39, 0.29) is 11.9 Å². The lowest BCUT2D eigenvalue weighted by Gasteiger charge is -2.18. The molecular weight excluding hydrogens is 316 g/mol. The minimum absolute atomic E-state index is 0.0207. The molecule has 1 aromatic heterocycles. The van der Waals surface area contributed by atoms with Crippen LogP contribution in [0, 0.1) is 0 Å². The zero-order chi connectivity index (χ0) is 16.8. The Bertz CT molecular complexity index is 657. The van der Waals surface area contributed by atoms with Crippen LogP contribution in [-0.4, -0.2) is 40.1 Å². The van der Waals surface area contributed by atoms with Gasteiger partial charge in [0.2, 0.25) is 17.7 Å². The minimum Gasteiger partial charge on any atom is -0.419 e. The molecule has 124 valence electrons. The lowest BCUT2D eigenvalue weighted by Crippen LogP contribution is -2.39. The van der Waals surface area contributed by atoms with Crippen molar-refractivity contribution < 1.29 is 9.21 Å². The second-order valence-electron chi connectivity index (χ2n) is 5.51. The predicted octanol–water partition coefficient (Wildman–Crippen LogP) is 2.74. The highest BCUT2D eigenvalue weighted by Gasteiger charge is 2.16. The summed E-state index contributed by atoms with van der Waals surface area (Å²) in [5.41, 5.74) is 0.702. The van der Waals surface area contributed by atoms with Crippen molar-refractivity contribution in [1.82, 2.24) is 20.4 Å². The number of benzene rings is 1. The van der Waals surface area contributed by atoms with Gasteiger partial charge in [0.1, 0.15) is 0 Å². The average Bonchev–Trinajstić information content (AvgIpc) is 2.94. The fourth-order valence-corrected chi connectivity index (χ4v) is 2.32. The van der Waals surface area contributed by atoms with Gasteiger partial charge in [0.15, 0.2) is 0 Å². The van der Waals surface area contributed by atoms with Gasteiger partial charge in [-0.1, -0.05) is 30.7 Å². The molecule has 0 unspecified atom stereocenters. The summed E-state index contributed by atoms with van der Waals surface area (Å²) < 4.78 is 5.67. The quantitative estimate of drug-likeness (QED) is 0.841. The van der Waals surface area contributed by atoms with Crippen LogP contribution in [0.1, 0.15) is 26.7 Å². The van der Waals surface area contributed by atoms with Gasteiger partial charge in [-0.15, -0.1) is 10.2 Å². The number of hydrogen-bond donors (Lipinski definition) is 1. The second kappa shape index (κ2) is 8.08. The van der Waals surface area contributed by atoms with Crippen molar-refractivity contribution in [1.29, 1.82) is 0 Å². The summed E-state index contributed by atoms with van der Waals surface area (Å²) in [5.74, 6) is 0.820. The highest BCUT2D eigenvalue weighted by molar-refractivity contribution is 6.33. The lowest BCUT2D eigenvalue weighted by atomic mass is 10.2. The Morgan fingerprint density at radius 3 is 2.74 bits per heavy atom. The van der Waals surface area contributed by atoms with Crippen molar-refractivity contribution in [3.63, 3.8) is 0 Å². The first-order valence-electron chi connectivity index (χ1n) is 7.58. The molecule has 0 atom stereocenters. The number of halogens is 1. The summed E-state index contributed by atoms with van der Waals surface area (Å²) in [6, 6.07) is 7.42. The van der Waals surface area contributed by atoms with Gasteiger partial charge in [-0.05, 0) is 32.5 Å². The molecule has 7 heteroatoms. The number of nitrogens with one attached hydrogen (secondary N) is 1. The van der Waals surface area contributed by atoms with Crippen LogP contribution < -0.4 is 5.32 Å². The summed E-state index contributed by atoms with van der Waals surface area (Å²) >= 11 is 6.13. The molecule has 0 radical (unpaired) electrons. The fourth-order valence-electron chi connectivity index (χ4n) is 2.10. The van der Waals surface area contributed by atoms with Crippen molar-refractivity contribution in [2.24, 2.45) is 0 Å². The third kappa shape index (κ3) is 5.04. The van der Waals surface area contributed by atoms with Crippen LogP contribution in [0.3, 0.4) is 0 Å². The zero-order valence-corrected chi connectivity index (χ0v) is 14.3. The predicted molar refractivity (Wildman–Crippen MR) is 89.0 cm³/mol. The molecule has 0 saturated heterocycles. The molecule has 2 rings (SSSR count). The van der Waals surface area contributed by atoms with Gasteiger partial charge >= 0.3 is 0 Å². The summed E-state index contributed by atoms with van der Waals surface area (Å²) in [4.78, 5) is 13.8. The average molecular weight is 337 g/mol. The topological polar surface area (TPSA) is 71.3 Å². The summed E-state index contributed by atoms with van der Waals surface area (Å²) in [7, 11) is 0. The van der Waals surface area contributed by atoms with E-state index in [0.29, 0.717) is 42.0 Å². The number of amides is 1. The number of rotatable bonds is 7. The number of nitrogens with zero attached hydrogens (tertiary/aromatic N) is 3. The first kappa shape index (κ1) is 17.4. The summed E-state index contributed by atoms with van der Waals surface area (Å²) in [5, 5.41) is 11.5. The molecule has 2 aromatic rings. The van der Waals surface area contributed by atoms with E-state index in [2.05, 4.69) is 15.5 Å². The Kier molecular flexibility index (Phi) is 6.12. The number of carbonyl (C=O) groups is 1. The molecule has 0 aliphatic heterocycles. The Labute approximate surface area is 140 Å². The van der Waals surface area contributed by atoms with E-state index in [4.69, 9.17) is 16.0 Å². The van der Waals surface area contributed by atoms with E-state index >= 15 is 0 Å². The van der Waals surface area contributed by atoms with Gasteiger partial charge in [0.25, 0.3) is 0 Å². The maximum absolute atomic E-state index is 11.8. The van der Waals surface area contributed by atoms with Crippen LogP contribution in [-0.2, 0) is 11.3 Å². The van der Waals surface area contributed by atoms with Gasteiger partial charge in [0.05, 0.1) is 23.7 Å². The SMILES string of the molecule is CCN(CC(=O)NC(C)C)Cc1nnc(-c2ccccc2Cl)o1. The van der Waals surface area contributed by atoms with Gasteiger partial charge < -0.3 is 9.73 Å². The molecule has 0 saturated carbocycles. The largest absolute Gasteiger partial charge is 0.419 e. The van der Waals surface area contributed by atoms with Crippen LogP contribution in [0.2, 0.25) is 5.02 Å². The second-order valence-corrected chi connectivity index (χ2v) is 5.91. The highest BCUT2D eigenvalue weighted by atomic mass is 35.5. The standard InChI is InChI=1S/C16H21ClN4O2/c1-4-21(9-14(22)18-11(2)3)10-15-19-20-16(23-15)12-7-5-6-8-13(12)17/h5-8,11H,4,9-10H2,1-3H3,(H,18,22). The maximum atomic E-state index is 11.8. The van der Waals surface area contributed by atoms with E-state index in [1.54, 1.807) is 6.07 Å². The first-order chi connectivity index (χ1) is 11.0. The monoisotopic (exact) mass is 336 g/mol. The normalized spacial score (nSPS) is 11.2. The number of carbonyl (C=O) groups excluding carboxylic acids is 1. The van der Waals surface area contributed by atoms with E-state index in [9.17, 15) is 4.79 Å². The van der Waals surface area contributed by atoms with E-state index in [1.807, 2.05) is 43.9 Å². The third-order valence-corrected chi connectivity index (χ3v) is 3.52. The minimum atomic E-state index is -0.0207. The number of aromatic nitrogens is 2. The molecule has 0 aliphatic rings. The van der Waals surface area contributed by atoms with Gasteiger partial charge in [-0.2, -0.15) is 0 Å². The fraction of sp³-hybridized carbons (Fsp3) is 0.438. The number of hydrogen-bond acceptors (Lipinski definition) is 5. The molecule has 0 bridgehead atoms. The molecule has 0 fully saturated rings. The Balaban J connectivity index is 2.02. The molecule has 23 heavy (non-hydrogen) atoms. The molecular formula is C16H21ClN4O2. The van der Waals surface area contributed by atoms with Crippen LogP contribution in [0.25, 0.3) is 11.5 Å². The van der Waals surface area contributed by atoms with Crippen molar-refractivity contribution in [2.45, 2.75) is 33.4 Å². The molecule has 0 spiro atoms. The maximum Gasteiger partial charge on any atom is 0.249 e. The van der Waals surface area contributed by atoms with Crippen LogP contribution in [0.5, 0.6) is 0 Å². The third-order valence-electron chi connectivity index (χ3n) is 3.19. The van der Waals surface area contributed by atoms with Crippen LogP contribution in [0.4, 0.5) is 0 Å². The van der Waals surface area contributed by atoms with Crippen LogP contribution >= 0.6 is 11.6 Å². The van der Waals surface area contributed by atoms with Crippen molar-refractivity contribution in [3.05, 3.63) is 35.2 Å².